The number of nitrogens with zero attached hydrogens (tertiary/aromatic N) is 2. The number of rotatable bonds is 0. The number of allylic oxidation sites excluding steroid dienone is 1. The fourth-order valence-corrected chi connectivity index (χ4v) is 3.43. The standard InChI is InChI=1S/C13H15N3OS/c1-8-2-4-13(5-3-8)9(6-14)11(17)16-12(18)10(13)7-15/h8-9,18H,2-5H2,1H3,(H,16,17)/t8?,9-,13?/m1/s1. The second-order valence-electron chi connectivity index (χ2n) is 5.23. The van der Waals surface area contributed by atoms with Crippen LogP contribution in [0.2, 0.25) is 0 Å². The number of thiol groups is 1. The lowest BCUT2D eigenvalue weighted by Gasteiger charge is -2.44. The zero-order chi connectivity index (χ0) is 13.3. The molecule has 5 heteroatoms. The van der Waals surface area contributed by atoms with Gasteiger partial charge in [-0.2, -0.15) is 10.5 Å². The summed E-state index contributed by atoms with van der Waals surface area (Å²) in [4.78, 5) is 11.9. The second kappa shape index (κ2) is 4.66. The summed E-state index contributed by atoms with van der Waals surface area (Å²) in [6.07, 6.45) is 3.31. The van der Waals surface area contributed by atoms with Crippen LogP contribution >= 0.6 is 12.6 Å². The fraction of sp³-hybridized carbons (Fsp3) is 0.615. The Hall–Kier alpha value is -1.46. The molecule has 1 aliphatic heterocycles. The molecule has 2 aliphatic rings. The maximum Gasteiger partial charge on any atom is 0.243 e. The normalized spacial score (nSPS) is 35.9. The van der Waals surface area contributed by atoms with Crippen molar-refractivity contribution < 1.29 is 4.79 Å². The molecule has 18 heavy (non-hydrogen) atoms. The van der Waals surface area contributed by atoms with Crippen molar-refractivity contribution in [1.29, 1.82) is 10.5 Å². The Morgan fingerprint density at radius 2 is 2.00 bits per heavy atom. The molecule has 0 aromatic rings. The highest BCUT2D eigenvalue weighted by atomic mass is 32.1. The smallest absolute Gasteiger partial charge is 0.243 e. The summed E-state index contributed by atoms with van der Waals surface area (Å²) >= 11 is 4.20. The van der Waals surface area contributed by atoms with E-state index in [9.17, 15) is 15.3 Å². The van der Waals surface area contributed by atoms with Gasteiger partial charge in [0.05, 0.1) is 22.7 Å². The number of amides is 1. The second-order valence-corrected chi connectivity index (χ2v) is 5.67. The maximum atomic E-state index is 11.9. The maximum absolute atomic E-state index is 11.9. The Kier molecular flexibility index (Phi) is 3.36. The van der Waals surface area contributed by atoms with Crippen LogP contribution in [0.1, 0.15) is 32.6 Å². The zero-order valence-corrected chi connectivity index (χ0v) is 11.1. The summed E-state index contributed by atoms with van der Waals surface area (Å²) in [7, 11) is 0. The van der Waals surface area contributed by atoms with Gasteiger partial charge in [0.15, 0.2) is 0 Å². The van der Waals surface area contributed by atoms with Crippen LogP contribution in [0.3, 0.4) is 0 Å². The predicted octanol–water partition coefficient (Wildman–Crippen LogP) is 2.12. The molecule has 0 saturated heterocycles. The van der Waals surface area contributed by atoms with Gasteiger partial charge in [0.25, 0.3) is 0 Å². The number of carbonyl (C=O) groups is 1. The van der Waals surface area contributed by atoms with Crippen molar-refractivity contribution >= 4 is 18.5 Å². The molecule has 1 saturated carbocycles. The largest absolute Gasteiger partial charge is 0.319 e. The van der Waals surface area contributed by atoms with E-state index in [1.54, 1.807) is 0 Å². The molecule has 1 amide bonds. The summed E-state index contributed by atoms with van der Waals surface area (Å²) in [5.74, 6) is -0.505. The van der Waals surface area contributed by atoms with Gasteiger partial charge in [0.2, 0.25) is 5.91 Å². The van der Waals surface area contributed by atoms with Gasteiger partial charge < -0.3 is 5.32 Å². The lowest BCUT2D eigenvalue weighted by molar-refractivity contribution is -0.127. The number of hydrogen-bond donors (Lipinski definition) is 2. The van der Waals surface area contributed by atoms with Gasteiger partial charge in [-0.05, 0) is 31.6 Å². The first-order valence-corrected chi connectivity index (χ1v) is 6.54. The summed E-state index contributed by atoms with van der Waals surface area (Å²) in [6, 6.07) is 4.23. The molecule has 0 aromatic heterocycles. The average Bonchev–Trinajstić information content (AvgIpc) is 2.33. The monoisotopic (exact) mass is 261 g/mol. The Morgan fingerprint density at radius 3 is 2.50 bits per heavy atom. The quantitative estimate of drug-likeness (QED) is 0.656. The first kappa shape index (κ1) is 13.0. The minimum atomic E-state index is -0.768. The molecule has 2 rings (SSSR count). The van der Waals surface area contributed by atoms with Crippen molar-refractivity contribution in [2.75, 3.05) is 0 Å². The number of hydrogen-bond acceptors (Lipinski definition) is 4. The van der Waals surface area contributed by atoms with E-state index in [0.29, 0.717) is 29.4 Å². The van der Waals surface area contributed by atoms with Gasteiger partial charge in [0.1, 0.15) is 5.92 Å². The highest BCUT2D eigenvalue weighted by Gasteiger charge is 2.51. The van der Waals surface area contributed by atoms with Crippen LogP contribution in [-0.2, 0) is 4.79 Å². The molecule has 1 spiro atoms. The molecule has 0 unspecified atom stereocenters. The van der Waals surface area contributed by atoms with Gasteiger partial charge in [-0.3, -0.25) is 4.79 Å². The molecule has 0 bridgehead atoms. The van der Waals surface area contributed by atoms with Gasteiger partial charge in [-0.1, -0.05) is 6.92 Å². The van der Waals surface area contributed by atoms with E-state index in [4.69, 9.17) is 0 Å². The Balaban J connectivity index is 2.51. The van der Waals surface area contributed by atoms with Crippen molar-refractivity contribution in [3.8, 4) is 12.1 Å². The molecule has 1 fully saturated rings. The third kappa shape index (κ3) is 1.79. The summed E-state index contributed by atoms with van der Waals surface area (Å²) in [5, 5.41) is 21.5. The van der Waals surface area contributed by atoms with Crippen LogP contribution in [0.5, 0.6) is 0 Å². The topological polar surface area (TPSA) is 76.7 Å². The number of carbonyl (C=O) groups excluding carboxylic acids is 1. The highest BCUT2D eigenvalue weighted by Crippen LogP contribution is 2.52. The lowest BCUT2D eigenvalue weighted by Crippen LogP contribution is -2.48. The Labute approximate surface area is 112 Å². The predicted molar refractivity (Wildman–Crippen MR) is 68.9 cm³/mol. The van der Waals surface area contributed by atoms with E-state index in [2.05, 4.69) is 37.0 Å². The molecule has 1 atom stereocenters. The highest BCUT2D eigenvalue weighted by molar-refractivity contribution is 7.84. The van der Waals surface area contributed by atoms with Crippen LogP contribution in [0, 0.1) is 39.9 Å². The molecule has 94 valence electrons. The van der Waals surface area contributed by atoms with Crippen LogP contribution in [-0.4, -0.2) is 5.91 Å². The van der Waals surface area contributed by atoms with Crippen LogP contribution in [0.4, 0.5) is 0 Å². The van der Waals surface area contributed by atoms with E-state index in [1.807, 2.05) is 0 Å². The van der Waals surface area contributed by atoms with Crippen molar-refractivity contribution in [1.82, 2.24) is 5.32 Å². The fourth-order valence-electron chi connectivity index (χ4n) is 3.04. The van der Waals surface area contributed by atoms with Crippen LogP contribution in [0.15, 0.2) is 10.6 Å². The third-order valence-electron chi connectivity index (χ3n) is 4.20. The molecule has 4 nitrogen and oxygen atoms in total. The van der Waals surface area contributed by atoms with E-state index < -0.39 is 11.3 Å². The van der Waals surface area contributed by atoms with Gasteiger partial charge >= 0.3 is 0 Å². The minimum Gasteiger partial charge on any atom is -0.319 e. The molecular weight excluding hydrogens is 246 g/mol. The van der Waals surface area contributed by atoms with E-state index in [1.165, 1.54) is 0 Å². The zero-order valence-electron chi connectivity index (χ0n) is 10.2. The van der Waals surface area contributed by atoms with E-state index in [-0.39, 0.29) is 5.91 Å². The van der Waals surface area contributed by atoms with Gasteiger partial charge in [-0.25, -0.2) is 0 Å². The summed E-state index contributed by atoms with van der Waals surface area (Å²) in [6.45, 7) is 2.16. The SMILES string of the molecule is CC1CCC2(CC1)C(C#N)=C(S)NC(=O)[C@H]2C#N. The number of nitrogens with one attached hydrogen (secondary N) is 1. The van der Waals surface area contributed by atoms with E-state index in [0.717, 1.165) is 12.8 Å². The molecule has 1 N–H and O–H groups in total. The number of nitriles is 2. The Bertz CT molecular complexity index is 489. The van der Waals surface area contributed by atoms with Crippen molar-refractivity contribution in [3.63, 3.8) is 0 Å². The average molecular weight is 261 g/mol. The molecule has 0 aromatic carbocycles. The molecule has 1 aliphatic carbocycles. The van der Waals surface area contributed by atoms with Crippen molar-refractivity contribution in [3.05, 3.63) is 10.6 Å². The van der Waals surface area contributed by atoms with Gasteiger partial charge in [0, 0.05) is 5.41 Å². The first-order valence-electron chi connectivity index (χ1n) is 6.09. The molecular formula is C13H15N3OS. The molecule has 0 radical (unpaired) electrons. The third-order valence-corrected chi connectivity index (χ3v) is 4.53. The molecule has 1 heterocycles. The summed E-state index contributed by atoms with van der Waals surface area (Å²) in [5.41, 5.74) is -0.140. The van der Waals surface area contributed by atoms with Crippen molar-refractivity contribution in [2.24, 2.45) is 17.3 Å². The first-order chi connectivity index (χ1) is 8.55. The van der Waals surface area contributed by atoms with Crippen LogP contribution in [0.25, 0.3) is 0 Å². The minimum absolute atomic E-state index is 0.323. The Morgan fingerprint density at radius 1 is 1.39 bits per heavy atom. The lowest BCUT2D eigenvalue weighted by atomic mass is 9.59. The summed E-state index contributed by atoms with van der Waals surface area (Å²) < 4.78 is 0. The van der Waals surface area contributed by atoms with Crippen molar-refractivity contribution in [2.45, 2.75) is 32.6 Å². The van der Waals surface area contributed by atoms with Gasteiger partial charge in [-0.15, -0.1) is 12.6 Å². The van der Waals surface area contributed by atoms with Crippen LogP contribution < -0.4 is 5.32 Å². The van der Waals surface area contributed by atoms with E-state index >= 15 is 0 Å².